The van der Waals surface area contributed by atoms with E-state index in [0.29, 0.717) is 11.4 Å². The molecule has 1 aromatic carbocycles. The van der Waals surface area contributed by atoms with Crippen molar-refractivity contribution in [2.75, 3.05) is 45.3 Å². The molecule has 40 heavy (non-hydrogen) atoms. The van der Waals surface area contributed by atoms with Crippen LogP contribution in [0.15, 0.2) is 35.3 Å². The number of fused-ring (bicyclic) bond motifs is 1. The van der Waals surface area contributed by atoms with Gasteiger partial charge in [0.25, 0.3) is 11.5 Å². The molecule has 1 amide bonds. The zero-order chi connectivity index (χ0) is 29.2. The average molecular weight is 581 g/mol. The first-order valence-corrected chi connectivity index (χ1v) is 11.8. The fraction of sp³-hybridized carbons (Fsp3) is 0.375. The maximum Gasteiger partial charge on any atom is 0.326 e. The number of halogens is 1. The smallest absolute Gasteiger partial charge is 0.326 e. The van der Waals surface area contributed by atoms with Gasteiger partial charge in [-0.25, -0.2) is 14.8 Å². The predicted molar refractivity (Wildman–Crippen MR) is 142 cm³/mol. The lowest BCUT2D eigenvalue weighted by Gasteiger charge is -2.21. The third-order valence-corrected chi connectivity index (χ3v) is 5.13. The number of amides is 1. The number of rotatable bonds is 11. The van der Waals surface area contributed by atoms with E-state index in [1.54, 1.807) is 12.1 Å². The topological polar surface area (TPSA) is 234 Å². The highest BCUT2D eigenvalue weighted by atomic mass is 35.5. The van der Waals surface area contributed by atoms with Crippen molar-refractivity contribution in [1.82, 2.24) is 25.3 Å². The number of aliphatic hydroxyl groups is 1. The molecule has 0 saturated carbocycles. The summed E-state index contributed by atoms with van der Waals surface area (Å²) in [5.41, 5.74) is 6.47. The fourth-order valence-corrected chi connectivity index (χ4v) is 3.05. The summed E-state index contributed by atoms with van der Waals surface area (Å²) < 4.78 is 0.844. The van der Waals surface area contributed by atoms with Gasteiger partial charge in [-0.05, 0) is 30.7 Å². The third-order valence-electron chi connectivity index (χ3n) is 5.13. The molecule has 3 aromatic rings. The van der Waals surface area contributed by atoms with Gasteiger partial charge in [0.15, 0.2) is 11.2 Å². The number of nitrogens with zero attached hydrogens (tertiary/aromatic N) is 4. The number of aliphatic hydroxyl groups excluding tert-OH is 1. The number of carboxylic acid groups (broad SMARTS) is 2. The van der Waals surface area contributed by atoms with E-state index in [0.717, 1.165) is 11.0 Å². The van der Waals surface area contributed by atoms with Gasteiger partial charge < -0.3 is 48.6 Å². The number of nitrogen functional groups attached to an aromatic ring is 1. The second kappa shape index (κ2) is 15.3. The summed E-state index contributed by atoms with van der Waals surface area (Å²) in [5.74, 6) is -3.16. The number of benzene rings is 1. The van der Waals surface area contributed by atoms with Crippen molar-refractivity contribution in [2.45, 2.75) is 25.4 Å². The third kappa shape index (κ3) is 11.2. The van der Waals surface area contributed by atoms with Crippen LogP contribution in [-0.2, 0) is 16.1 Å². The molecule has 15 nitrogen and oxygen atoms in total. The average Bonchev–Trinajstić information content (AvgIpc) is 2.85. The quantitative estimate of drug-likeness (QED) is 0.110. The minimum atomic E-state index is -1.31. The Balaban J connectivity index is 0.000000886. The van der Waals surface area contributed by atoms with Gasteiger partial charge in [-0.2, -0.15) is 4.98 Å². The molecule has 16 heteroatoms. The van der Waals surface area contributed by atoms with Gasteiger partial charge in [0.1, 0.15) is 12.6 Å². The van der Waals surface area contributed by atoms with Gasteiger partial charge in [-0.1, -0.05) is 0 Å². The summed E-state index contributed by atoms with van der Waals surface area (Å²) in [6, 6.07) is 4.86. The maximum atomic E-state index is 12.3. The highest BCUT2D eigenvalue weighted by molar-refractivity contribution is 5.96. The number of carboxylic acids is 2. The van der Waals surface area contributed by atoms with Crippen molar-refractivity contribution in [3.8, 4) is 0 Å². The molecule has 0 aliphatic heterocycles. The minimum absolute atomic E-state index is 0. The lowest BCUT2D eigenvalue weighted by atomic mass is 10.1. The summed E-state index contributed by atoms with van der Waals surface area (Å²) in [7, 11) is 6.16. The number of nitrogens with two attached hydrogens (primary N) is 1. The number of quaternary nitrogens is 1. The molecule has 2 heterocycles. The van der Waals surface area contributed by atoms with Crippen LogP contribution in [0.1, 0.15) is 28.9 Å². The summed E-state index contributed by atoms with van der Waals surface area (Å²) in [5, 5.41) is 31.6. The molecule has 1 atom stereocenters. The number of carbonyl (C=O) groups excluding carboxylic acids is 1. The maximum absolute atomic E-state index is 12.3. The molecule has 0 bridgehead atoms. The number of likely N-dealkylation sites (N-methyl/N-ethyl adjacent to an activating group) is 1. The zero-order valence-corrected chi connectivity index (χ0v) is 23.0. The number of hydrogen-bond donors (Lipinski definition) is 7. The Hall–Kier alpha value is -4.34. The summed E-state index contributed by atoms with van der Waals surface area (Å²) in [6.07, 6.45) is 0.840. The molecule has 0 radical (unpaired) electrons. The second-order valence-corrected chi connectivity index (χ2v) is 9.45. The van der Waals surface area contributed by atoms with Crippen LogP contribution >= 0.6 is 0 Å². The Morgan fingerprint density at radius 2 is 1.75 bits per heavy atom. The Kier molecular flexibility index (Phi) is 12.9. The number of H-pyrrole nitrogens is 1. The van der Waals surface area contributed by atoms with E-state index >= 15 is 0 Å². The van der Waals surface area contributed by atoms with Gasteiger partial charge in [0.05, 0.1) is 46.2 Å². The van der Waals surface area contributed by atoms with Gasteiger partial charge in [-0.3, -0.25) is 19.4 Å². The standard InChI is InChI=1S/C19H19N7O6.C5H14NO.ClH/c20-19-25-15-14(17(30)26-19)23-11(8-22-15)7-21-10-3-1-9(2-4-10)16(29)24-12(18(31)32)5-6-13(27)28;1-6(2,3)4-5-7;/h1-4,8,12,21H,5-7H2,(H,24,29)(H,27,28)(H,31,32)(H3,20,22,25,26,30);7H,4-5H2,1-3H3;1H/q;+1;/p-1. The number of aromatic amines is 1. The highest BCUT2D eigenvalue weighted by Crippen LogP contribution is 2.12. The van der Waals surface area contributed by atoms with Crippen LogP contribution in [0.25, 0.3) is 11.2 Å². The van der Waals surface area contributed by atoms with Crippen LogP contribution in [0.5, 0.6) is 0 Å². The van der Waals surface area contributed by atoms with Crippen LogP contribution in [-0.4, -0.2) is 97.9 Å². The van der Waals surface area contributed by atoms with Crippen molar-refractivity contribution >= 4 is 40.6 Å². The number of anilines is 2. The lowest BCUT2D eigenvalue weighted by Crippen LogP contribution is -3.00. The Morgan fingerprint density at radius 1 is 1.10 bits per heavy atom. The molecule has 8 N–H and O–H groups in total. The SMILES string of the molecule is C[N+](C)(C)CCO.Nc1nc2ncc(CNc3ccc(C(=O)NC(CCC(=O)O)C(=O)O)cc3)nc2c(=O)[nH]1.[Cl-]. The van der Waals surface area contributed by atoms with Crippen molar-refractivity contribution in [3.63, 3.8) is 0 Å². The Labute approximate surface area is 235 Å². The summed E-state index contributed by atoms with van der Waals surface area (Å²) in [4.78, 5) is 60.6. The molecule has 0 aliphatic carbocycles. The van der Waals surface area contributed by atoms with Crippen LogP contribution in [0.3, 0.4) is 0 Å². The van der Waals surface area contributed by atoms with Gasteiger partial charge in [0, 0.05) is 17.7 Å². The Morgan fingerprint density at radius 3 is 2.27 bits per heavy atom. The highest BCUT2D eigenvalue weighted by Gasteiger charge is 2.21. The number of aromatic nitrogens is 4. The number of carbonyl (C=O) groups is 3. The largest absolute Gasteiger partial charge is 1.00 e. The second-order valence-electron chi connectivity index (χ2n) is 9.45. The number of nitrogens with one attached hydrogen (secondary N) is 3. The predicted octanol–water partition coefficient (Wildman–Crippen LogP) is -3.36. The van der Waals surface area contributed by atoms with Crippen molar-refractivity contribution in [3.05, 3.63) is 52.1 Å². The number of hydrogen-bond acceptors (Lipinski definition) is 10. The molecule has 0 saturated heterocycles. The lowest BCUT2D eigenvalue weighted by molar-refractivity contribution is -0.870. The summed E-state index contributed by atoms with van der Waals surface area (Å²) in [6.45, 7) is 1.35. The van der Waals surface area contributed by atoms with Gasteiger partial charge in [-0.15, -0.1) is 0 Å². The molecular weight excluding hydrogens is 548 g/mol. The molecule has 0 spiro atoms. The van der Waals surface area contributed by atoms with Crippen molar-refractivity contribution in [2.24, 2.45) is 0 Å². The van der Waals surface area contributed by atoms with Gasteiger partial charge >= 0.3 is 11.9 Å². The van der Waals surface area contributed by atoms with Crippen molar-refractivity contribution < 1.29 is 46.6 Å². The van der Waals surface area contributed by atoms with E-state index in [9.17, 15) is 19.2 Å². The first-order chi connectivity index (χ1) is 18.3. The van der Waals surface area contributed by atoms with Crippen LogP contribution in [0.4, 0.5) is 11.6 Å². The number of aliphatic carboxylic acids is 2. The van der Waals surface area contributed by atoms with Crippen LogP contribution < -0.4 is 34.3 Å². The molecule has 218 valence electrons. The minimum Gasteiger partial charge on any atom is -1.00 e. The van der Waals surface area contributed by atoms with Crippen LogP contribution in [0.2, 0.25) is 0 Å². The Bertz CT molecular complexity index is 1360. The van der Waals surface area contributed by atoms with E-state index in [4.69, 9.17) is 21.1 Å². The van der Waals surface area contributed by atoms with E-state index in [1.807, 2.05) is 0 Å². The molecule has 0 fully saturated rings. The fourth-order valence-electron chi connectivity index (χ4n) is 3.05. The first-order valence-electron chi connectivity index (χ1n) is 11.8. The zero-order valence-electron chi connectivity index (χ0n) is 22.2. The molecule has 2 aromatic heterocycles. The van der Waals surface area contributed by atoms with Crippen LogP contribution in [0, 0.1) is 0 Å². The van der Waals surface area contributed by atoms with E-state index < -0.39 is 29.4 Å². The molecule has 1 unspecified atom stereocenters. The molecule has 0 aliphatic rings. The summed E-state index contributed by atoms with van der Waals surface area (Å²) >= 11 is 0. The van der Waals surface area contributed by atoms with E-state index in [1.165, 1.54) is 18.3 Å². The van der Waals surface area contributed by atoms with E-state index in [-0.39, 0.29) is 61.1 Å². The first kappa shape index (κ1) is 33.7. The monoisotopic (exact) mass is 580 g/mol. The van der Waals surface area contributed by atoms with Gasteiger partial charge in [0.2, 0.25) is 5.95 Å². The van der Waals surface area contributed by atoms with Crippen molar-refractivity contribution in [1.29, 1.82) is 0 Å². The molecular formula is C24H33ClN8O7. The molecule has 3 rings (SSSR count). The normalized spacial score (nSPS) is 11.4. The van der Waals surface area contributed by atoms with E-state index in [2.05, 4.69) is 51.7 Å².